The largest absolute Gasteiger partial charge is 0.289 e. The lowest BCUT2D eigenvalue weighted by molar-refractivity contribution is -0.128. The number of amides is 1. The van der Waals surface area contributed by atoms with E-state index in [1.807, 2.05) is 12.1 Å². The second-order valence-corrected chi connectivity index (χ2v) is 6.38. The molecule has 0 aromatic heterocycles. The number of nitrogens with one attached hydrogen (secondary N) is 1. The van der Waals surface area contributed by atoms with Gasteiger partial charge in [-0.1, -0.05) is 54.6 Å². The molecular formula is C21H23NO2. The van der Waals surface area contributed by atoms with Crippen molar-refractivity contribution in [2.45, 2.75) is 38.5 Å². The minimum atomic E-state index is -0.382. The lowest BCUT2D eigenvalue weighted by Gasteiger charge is -2.06. The summed E-state index contributed by atoms with van der Waals surface area (Å²) in [5.41, 5.74) is 8.11. The van der Waals surface area contributed by atoms with Crippen molar-refractivity contribution in [1.82, 2.24) is 5.48 Å². The first-order valence-corrected chi connectivity index (χ1v) is 8.54. The summed E-state index contributed by atoms with van der Waals surface area (Å²) in [6, 6.07) is 14.9. The van der Waals surface area contributed by atoms with Gasteiger partial charge in [0, 0.05) is 0 Å². The van der Waals surface area contributed by atoms with Crippen molar-refractivity contribution >= 4 is 12.0 Å². The second kappa shape index (κ2) is 7.93. The zero-order valence-corrected chi connectivity index (χ0v) is 13.8. The molecule has 0 radical (unpaired) electrons. The highest BCUT2D eigenvalue weighted by atomic mass is 16.5. The topological polar surface area (TPSA) is 49.3 Å². The number of fused-ring (bicyclic) bond motifs is 1. The van der Waals surface area contributed by atoms with E-state index >= 15 is 0 Å². The van der Waals surface area contributed by atoms with Crippen LogP contribution in [0.5, 0.6) is 0 Å². The Bertz CT molecular complexity index is 732. The first-order valence-electron chi connectivity index (χ1n) is 8.54. The van der Waals surface area contributed by atoms with E-state index in [1.165, 1.54) is 28.7 Å². The molecular weight excluding hydrogens is 298 g/mol. The summed E-state index contributed by atoms with van der Waals surface area (Å²) in [5, 5.41) is 8.54. The van der Waals surface area contributed by atoms with Crippen LogP contribution in [0.15, 0.2) is 48.5 Å². The smallest absolute Gasteiger partial charge is 0.247 e. The van der Waals surface area contributed by atoms with Crippen molar-refractivity contribution in [3.8, 4) is 0 Å². The van der Waals surface area contributed by atoms with Gasteiger partial charge in [-0.05, 0) is 59.9 Å². The molecule has 1 amide bonds. The molecule has 1 aliphatic carbocycles. The molecule has 124 valence electrons. The molecule has 0 spiro atoms. The number of rotatable bonds is 7. The van der Waals surface area contributed by atoms with Crippen LogP contribution >= 0.6 is 0 Å². The van der Waals surface area contributed by atoms with Crippen molar-refractivity contribution in [1.29, 1.82) is 0 Å². The monoisotopic (exact) mass is 321 g/mol. The standard InChI is InChI=1S/C21H23NO2/c23-21(22-24)15-18-10-8-16(9-11-18)4-1-2-5-17-12-13-19-6-3-7-20(19)14-17/h3,7-14,24H,1-2,4-6,15H2,(H,22,23). The minimum absolute atomic E-state index is 0.212. The van der Waals surface area contributed by atoms with Gasteiger partial charge >= 0.3 is 0 Å². The average molecular weight is 321 g/mol. The van der Waals surface area contributed by atoms with Crippen LogP contribution < -0.4 is 5.48 Å². The number of hydrogen-bond donors (Lipinski definition) is 2. The summed E-state index contributed by atoms with van der Waals surface area (Å²) in [4.78, 5) is 11.1. The first kappa shape index (κ1) is 16.5. The fourth-order valence-electron chi connectivity index (χ4n) is 3.16. The van der Waals surface area contributed by atoms with Crippen LogP contribution in [0.1, 0.15) is 40.7 Å². The molecule has 0 aliphatic heterocycles. The van der Waals surface area contributed by atoms with Crippen LogP contribution in [0.2, 0.25) is 0 Å². The SMILES string of the molecule is O=C(Cc1ccc(CCCCc2ccc3c(c2)C=CC3)cc1)NO. The lowest BCUT2D eigenvalue weighted by Crippen LogP contribution is -2.20. The predicted octanol–water partition coefficient (Wildman–Crippen LogP) is 3.87. The summed E-state index contributed by atoms with van der Waals surface area (Å²) in [5.74, 6) is -0.382. The molecule has 3 nitrogen and oxygen atoms in total. The van der Waals surface area contributed by atoms with Gasteiger partial charge in [-0.3, -0.25) is 10.0 Å². The Morgan fingerprint density at radius 1 is 0.958 bits per heavy atom. The van der Waals surface area contributed by atoms with Gasteiger partial charge in [-0.25, -0.2) is 5.48 Å². The van der Waals surface area contributed by atoms with Crippen LogP contribution in [-0.4, -0.2) is 11.1 Å². The Kier molecular flexibility index (Phi) is 5.44. The van der Waals surface area contributed by atoms with E-state index in [0.29, 0.717) is 0 Å². The Morgan fingerprint density at radius 3 is 2.38 bits per heavy atom. The number of hydroxylamine groups is 1. The van der Waals surface area contributed by atoms with Gasteiger partial charge in [0.25, 0.3) is 0 Å². The van der Waals surface area contributed by atoms with Gasteiger partial charge in [-0.15, -0.1) is 0 Å². The van der Waals surface area contributed by atoms with Crippen LogP contribution in [-0.2, 0) is 30.5 Å². The molecule has 0 bridgehead atoms. The molecule has 0 atom stereocenters. The van der Waals surface area contributed by atoms with Crippen LogP contribution in [0.3, 0.4) is 0 Å². The highest BCUT2D eigenvalue weighted by Gasteiger charge is 2.05. The molecule has 2 aromatic rings. The summed E-state index contributed by atoms with van der Waals surface area (Å²) in [6.07, 6.45) is 10.2. The third kappa shape index (κ3) is 4.33. The number of benzene rings is 2. The molecule has 0 unspecified atom stereocenters. The molecule has 0 fully saturated rings. The van der Waals surface area contributed by atoms with E-state index in [2.05, 4.69) is 42.5 Å². The third-order valence-corrected chi connectivity index (χ3v) is 4.54. The molecule has 0 saturated heterocycles. The maximum atomic E-state index is 11.1. The predicted molar refractivity (Wildman–Crippen MR) is 95.9 cm³/mol. The summed E-state index contributed by atoms with van der Waals surface area (Å²) in [7, 11) is 0. The molecule has 24 heavy (non-hydrogen) atoms. The lowest BCUT2D eigenvalue weighted by atomic mass is 10.00. The highest BCUT2D eigenvalue weighted by Crippen LogP contribution is 2.21. The van der Waals surface area contributed by atoms with Crippen molar-refractivity contribution in [2.75, 3.05) is 0 Å². The molecule has 3 rings (SSSR count). The van der Waals surface area contributed by atoms with Crippen molar-refractivity contribution in [3.05, 3.63) is 76.4 Å². The fraction of sp³-hybridized carbons (Fsp3) is 0.286. The summed E-state index contributed by atoms with van der Waals surface area (Å²) < 4.78 is 0. The maximum Gasteiger partial charge on any atom is 0.247 e. The zero-order chi connectivity index (χ0) is 16.8. The molecule has 2 N–H and O–H groups in total. The number of carbonyl (C=O) groups is 1. The van der Waals surface area contributed by atoms with Crippen molar-refractivity contribution < 1.29 is 10.0 Å². The zero-order valence-electron chi connectivity index (χ0n) is 13.8. The van der Waals surface area contributed by atoms with E-state index in [9.17, 15) is 4.79 Å². The van der Waals surface area contributed by atoms with E-state index in [-0.39, 0.29) is 12.3 Å². The maximum absolute atomic E-state index is 11.1. The van der Waals surface area contributed by atoms with Crippen LogP contribution in [0.25, 0.3) is 6.08 Å². The minimum Gasteiger partial charge on any atom is -0.289 e. The fourth-order valence-corrected chi connectivity index (χ4v) is 3.16. The molecule has 0 saturated carbocycles. The van der Waals surface area contributed by atoms with Crippen molar-refractivity contribution in [3.63, 3.8) is 0 Å². The van der Waals surface area contributed by atoms with Gasteiger partial charge in [0.15, 0.2) is 0 Å². The number of unbranched alkanes of at least 4 members (excludes halogenated alkanes) is 1. The van der Waals surface area contributed by atoms with Gasteiger partial charge in [-0.2, -0.15) is 0 Å². The van der Waals surface area contributed by atoms with Gasteiger partial charge in [0.05, 0.1) is 6.42 Å². The van der Waals surface area contributed by atoms with Crippen LogP contribution in [0, 0.1) is 0 Å². The normalized spacial score (nSPS) is 12.2. The Balaban J connectivity index is 1.43. The van der Waals surface area contributed by atoms with Gasteiger partial charge in [0.2, 0.25) is 5.91 Å². The quantitative estimate of drug-likeness (QED) is 0.462. The van der Waals surface area contributed by atoms with Gasteiger partial charge in [0.1, 0.15) is 0 Å². The van der Waals surface area contributed by atoms with Crippen molar-refractivity contribution in [2.24, 2.45) is 0 Å². The van der Waals surface area contributed by atoms with E-state index in [1.54, 1.807) is 5.48 Å². The molecule has 3 heteroatoms. The number of allylic oxidation sites excluding steroid dienone is 1. The van der Waals surface area contributed by atoms with E-state index < -0.39 is 0 Å². The second-order valence-electron chi connectivity index (χ2n) is 6.38. The Hall–Kier alpha value is -2.39. The summed E-state index contributed by atoms with van der Waals surface area (Å²) >= 11 is 0. The number of carbonyl (C=O) groups excluding carboxylic acids is 1. The average Bonchev–Trinajstić information content (AvgIpc) is 3.07. The molecule has 2 aromatic carbocycles. The molecule has 0 heterocycles. The van der Waals surface area contributed by atoms with Gasteiger partial charge < -0.3 is 0 Å². The number of aryl methyl sites for hydroxylation is 2. The third-order valence-electron chi connectivity index (χ3n) is 4.54. The summed E-state index contributed by atoms with van der Waals surface area (Å²) in [6.45, 7) is 0. The number of hydrogen-bond acceptors (Lipinski definition) is 2. The van der Waals surface area contributed by atoms with E-state index in [0.717, 1.165) is 31.2 Å². The Labute approximate surface area is 143 Å². The highest BCUT2D eigenvalue weighted by molar-refractivity contribution is 5.77. The van der Waals surface area contributed by atoms with Crippen LogP contribution in [0.4, 0.5) is 0 Å². The first-order chi connectivity index (χ1) is 11.7. The molecule has 1 aliphatic rings. The van der Waals surface area contributed by atoms with E-state index in [4.69, 9.17) is 5.21 Å². The Morgan fingerprint density at radius 2 is 1.62 bits per heavy atom.